The minimum Gasteiger partial charge on any atom is -0.300 e. The molecule has 1 aliphatic carbocycles. The zero-order valence-electron chi connectivity index (χ0n) is 10.2. The minimum absolute atomic E-state index is 0.175. The maximum atomic E-state index is 13.0. The zero-order chi connectivity index (χ0) is 13.5. The third-order valence-corrected chi connectivity index (χ3v) is 3.79. The molecule has 96 valence electrons. The average molecular weight is 258 g/mol. The fourth-order valence-electron chi connectivity index (χ4n) is 2.73. The molecule has 0 unspecified atom stereocenters. The van der Waals surface area contributed by atoms with Crippen molar-refractivity contribution >= 4 is 5.78 Å². The van der Waals surface area contributed by atoms with Crippen molar-refractivity contribution in [3.8, 4) is 0 Å². The number of hydrogen-bond donors (Lipinski definition) is 0. The molecule has 3 heteroatoms. The van der Waals surface area contributed by atoms with Crippen molar-refractivity contribution < 1.29 is 13.6 Å². The Morgan fingerprint density at radius 2 is 1.11 bits per heavy atom. The van der Waals surface area contributed by atoms with Crippen LogP contribution in [0.3, 0.4) is 0 Å². The van der Waals surface area contributed by atoms with E-state index in [1.54, 1.807) is 24.3 Å². The highest BCUT2D eigenvalue weighted by Crippen LogP contribution is 2.46. The predicted octanol–water partition coefficient (Wildman–Crippen LogP) is 3.61. The van der Waals surface area contributed by atoms with Crippen molar-refractivity contribution in [2.24, 2.45) is 0 Å². The summed E-state index contributed by atoms with van der Waals surface area (Å²) in [6.45, 7) is 0. The first-order valence-electron chi connectivity index (χ1n) is 6.14. The Balaban J connectivity index is 2.07. The normalized spacial score (nSPS) is 17.1. The van der Waals surface area contributed by atoms with Gasteiger partial charge in [-0.15, -0.1) is 0 Å². The molecule has 0 aromatic heterocycles. The Labute approximate surface area is 109 Å². The van der Waals surface area contributed by atoms with Gasteiger partial charge in [-0.2, -0.15) is 0 Å². The van der Waals surface area contributed by atoms with Crippen LogP contribution in [0.1, 0.15) is 24.0 Å². The van der Waals surface area contributed by atoms with Crippen molar-refractivity contribution in [2.75, 3.05) is 0 Å². The van der Waals surface area contributed by atoms with Crippen molar-refractivity contribution in [1.29, 1.82) is 0 Å². The zero-order valence-corrected chi connectivity index (χ0v) is 10.2. The van der Waals surface area contributed by atoms with Crippen molar-refractivity contribution in [1.82, 2.24) is 0 Å². The van der Waals surface area contributed by atoms with Crippen molar-refractivity contribution in [3.05, 3.63) is 71.3 Å². The average Bonchev–Trinajstić information content (AvgIpc) is 2.37. The maximum absolute atomic E-state index is 13.0. The van der Waals surface area contributed by atoms with Gasteiger partial charge in [0.15, 0.2) is 0 Å². The molecule has 2 aromatic carbocycles. The highest BCUT2D eigenvalue weighted by Gasteiger charge is 2.46. The second kappa shape index (κ2) is 4.26. The summed E-state index contributed by atoms with van der Waals surface area (Å²) in [6, 6.07) is 12.4. The van der Waals surface area contributed by atoms with E-state index in [1.807, 2.05) is 0 Å². The Morgan fingerprint density at radius 1 is 0.737 bits per heavy atom. The van der Waals surface area contributed by atoms with Crippen LogP contribution >= 0.6 is 0 Å². The first-order valence-corrected chi connectivity index (χ1v) is 6.14. The molecular formula is C16H12F2O. The lowest BCUT2D eigenvalue weighted by molar-refractivity contribution is -0.127. The molecule has 0 atom stereocenters. The summed E-state index contributed by atoms with van der Waals surface area (Å²) in [6.07, 6.45) is 0.786. The van der Waals surface area contributed by atoms with Gasteiger partial charge >= 0.3 is 0 Å². The van der Waals surface area contributed by atoms with E-state index in [1.165, 1.54) is 24.3 Å². The van der Waals surface area contributed by atoms with Crippen LogP contribution in [0.15, 0.2) is 48.5 Å². The molecule has 1 saturated carbocycles. The Kier molecular flexibility index (Phi) is 2.70. The highest BCUT2D eigenvalue weighted by molar-refractivity contribution is 5.90. The number of ketones is 1. The van der Waals surface area contributed by atoms with E-state index in [9.17, 15) is 13.6 Å². The summed E-state index contributed by atoms with van der Waals surface area (Å²) in [5.74, 6) is -0.430. The van der Waals surface area contributed by atoms with Gasteiger partial charge in [-0.3, -0.25) is 4.79 Å². The molecule has 1 fully saturated rings. The van der Waals surface area contributed by atoms with Crippen LogP contribution in [0.5, 0.6) is 0 Å². The summed E-state index contributed by atoms with van der Waals surface area (Å²) in [4.78, 5) is 11.4. The van der Waals surface area contributed by atoms with Gasteiger partial charge in [0.1, 0.15) is 17.4 Å². The molecular weight excluding hydrogens is 246 g/mol. The van der Waals surface area contributed by atoms with Crippen LogP contribution in [-0.2, 0) is 10.2 Å². The van der Waals surface area contributed by atoms with E-state index >= 15 is 0 Å². The third-order valence-electron chi connectivity index (χ3n) is 3.79. The summed E-state index contributed by atoms with van der Waals surface area (Å²) in [5.41, 5.74) is 1.39. The van der Waals surface area contributed by atoms with Gasteiger partial charge in [0, 0.05) is 18.3 Å². The molecule has 1 nitrogen and oxygen atoms in total. The third kappa shape index (κ3) is 1.95. The minimum atomic E-state index is -0.418. The van der Waals surface area contributed by atoms with E-state index in [0.717, 1.165) is 11.1 Å². The lowest BCUT2D eigenvalue weighted by Gasteiger charge is -2.41. The van der Waals surface area contributed by atoms with Gasteiger partial charge in [0.05, 0.1) is 0 Å². The Hall–Kier alpha value is -2.03. The first-order chi connectivity index (χ1) is 9.10. The molecule has 0 heterocycles. The van der Waals surface area contributed by atoms with E-state index in [-0.39, 0.29) is 17.4 Å². The number of carbonyl (C=O) groups is 1. The van der Waals surface area contributed by atoms with Gasteiger partial charge in [-0.05, 0) is 35.4 Å². The Bertz CT molecular complexity index is 559. The number of hydrogen-bond acceptors (Lipinski definition) is 1. The molecule has 3 rings (SSSR count). The SMILES string of the molecule is O=C1CC(c2ccc(F)cc2)(c2ccc(F)cc2)C1. The van der Waals surface area contributed by atoms with E-state index < -0.39 is 5.41 Å². The van der Waals surface area contributed by atoms with Crippen molar-refractivity contribution in [2.45, 2.75) is 18.3 Å². The van der Waals surface area contributed by atoms with Crippen LogP contribution in [-0.4, -0.2) is 5.78 Å². The number of benzene rings is 2. The fourth-order valence-corrected chi connectivity index (χ4v) is 2.73. The molecule has 0 N–H and O–H groups in total. The van der Waals surface area contributed by atoms with Crippen molar-refractivity contribution in [3.63, 3.8) is 0 Å². The topological polar surface area (TPSA) is 17.1 Å². The number of rotatable bonds is 2. The summed E-state index contributed by atoms with van der Waals surface area (Å²) >= 11 is 0. The standard InChI is InChI=1S/C16H12F2O/c17-13-5-1-11(2-6-13)16(9-15(19)10-16)12-3-7-14(18)8-4-12/h1-8H,9-10H2. The largest absolute Gasteiger partial charge is 0.300 e. The van der Waals surface area contributed by atoms with Crippen LogP contribution in [0.25, 0.3) is 0 Å². The molecule has 0 amide bonds. The second-order valence-electron chi connectivity index (χ2n) is 4.99. The highest BCUT2D eigenvalue weighted by atomic mass is 19.1. The lowest BCUT2D eigenvalue weighted by Crippen LogP contribution is -2.42. The summed E-state index contributed by atoms with van der Waals surface area (Å²) in [7, 11) is 0. The predicted molar refractivity (Wildman–Crippen MR) is 67.8 cm³/mol. The van der Waals surface area contributed by atoms with E-state index in [2.05, 4.69) is 0 Å². The second-order valence-corrected chi connectivity index (χ2v) is 4.99. The van der Waals surface area contributed by atoms with Crippen LogP contribution in [0, 0.1) is 11.6 Å². The molecule has 0 radical (unpaired) electrons. The maximum Gasteiger partial charge on any atom is 0.135 e. The van der Waals surface area contributed by atoms with Crippen LogP contribution < -0.4 is 0 Å². The van der Waals surface area contributed by atoms with Gasteiger partial charge in [-0.25, -0.2) is 8.78 Å². The molecule has 0 bridgehead atoms. The van der Waals surface area contributed by atoms with Crippen LogP contribution in [0.4, 0.5) is 8.78 Å². The van der Waals surface area contributed by atoms with Gasteiger partial charge in [0.25, 0.3) is 0 Å². The molecule has 0 spiro atoms. The molecule has 19 heavy (non-hydrogen) atoms. The molecule has 1 aliphatic rings. The number of Topliss-reactive ketones (excluding diaryl/α,β-unsaturated/α-hetero) is 1. The molecule has 0 saturated heterocycles. The molecule has 0 aliphatic heterocycles. The molecule has 2 aromatic rings. The Morgan fingerprint density at radius 3 is 1.42 bits per heavy atom. The first kappa shape index (κ1) is 12.0. The lowest BCUT2D eigenvalue weighted by atomic mass is 9.60. The van der Waals surface area contributed by atoms with E-state index in [0.29, 0.717) is 12.8 Å². The van der Waals surface area contributed by atoms with E-state index in [4.69, 9.17) is 0 Å². The van der Waals surface area contributed by atoms with Gasteiger partial charge < -0.3 is 0 Å². The van der Waals surface area contributed by atoms with Crippen LogP contribution in [0.2, 0.25) is 0 Å². The monoisotopic (exact) mass is 258 g/mol. The summed E-state index contributed by atoms with van der Waals surface area (Å²) < 4.78 is 26.0. The van der Waals surface area contributed by atoms with Gasteiger partial charge in [-0.1, -0.05) is 24.3 Å². The number of halogens is 2. The fraction of sp³-hybridized carbons (Fsp3) is 0.188. The van der Waals surface area contributed by atoms with Gasteiger partial charge in [0.2, 0.25) is 0 Å². The quantitative estimate of drug-likeness (QED) is 0.804. The number of carbonyl (C=O) groups excluding carboxylic acids is 1. The summed E-state index contributed by atoms with van der Waals surface area (Å²) in [5, 5.41) is 0. The smallest absolute Gasteiger partial charge is 0.135 e.